The second kappa shape index (κ2) is 5.10. The van der Waals surface area contributed by atoms with Gasteiger partial charge in [-0.05, 0) is 37.6 Å². The molecule has 0 saturated carbocycles. The third-order valence-corrected chi connectivity index (χ3v) is 3.08. The molecule has 0 spiro atoms. The van der Waals surface area contributed by atoms with E-state index in [4.69, 9.17) is 10.00 Å². The summed E-state index contributed by atoms with van der Waals surface area (Å²) < 4.78 is 5.22. The minimum atomic E-state index is -0.471. The number of nitrogens with zero attached hydrogens (tertiary/aromatic N) is 1. The third kappa shape index (κ3) is 2.24. The largest absolute Gasteiger partial charge is 0.507 e. The second-order valence-corrected chi connectivity index (χ2v) is 4.52. The van der Waals surface area contributed by atoms with Gasteiger partial charge in [0.2, 0.25) is 0 Å². The zero-order valence-corrected chi connectivity index (χ0v) is 11.4. The molecule has 0 unspecified atom stereocenters. The van der Waals surface area contributed by atoms with Gasteiger partial charge in [-0.2, -0.15) is 5.26 Å². The molecule has 1 aromatic carbocycles. The summed E-state index contributed by atoms with van der Waals surface area (Å²) in [7, 11) is 1.53. The van der Waals surface area contributed by atoms with Crippen LogP contribution in [-0.4, -0.2) is 17.2 Å². The zero-order chi connectivity index (χ0) is 14.9. The normalized spacial score (nSPS) is 10.1. The smallest absolute Gasteiger partial charge is 0.266 e. The molecular weight excluding hydrogens is 256 g/mol. The molecule has 0 aliphatic heterocycles. The van der Waals surface area contributed by atoms with Crippen LogP contribution in [-0.2, 0) is 0 Å². The molecule has 0 atom stereocenters. The summed E-state index contributed by atoms with van der Waals surface area (Å²) in [6.07, 6.45) is 0. The molecule has 20 heavy (non-hydrogen) atoms. The molecule has 2 rings (SSSR count). The van der Waals surface area contributed by atoms with E-state index < -0.39 is 5.56 Å². The van der Waals surface area contributed by atoms with Crippen molar-refractivity contribution >= 4 is 0 Å². The molecular formula is C15H14N2O3. The number of aromatic nitrogens is 1. The fraction of sp³-hybridized carbons (Fsp3) is 0.200. The summed E-state index contributed by atoms with van der Waals surface area (Å²) in [4.78, 5) is 14.4. The van der Waals surface area contributed by atoms with E-state index in [-0.39, 0.29) is 11.3 Å². The van der Waals surface area contributed by atoms with Gasteiger partial charge in [-0.25, -0.2) is 0 Å². The van der Waals surface area contributed by atoms with Gasteiger partial charge in [0.05, 0.1) is 7.11 Å². The lowest BCUT2D eigenvalue weighted by molar-refractivity contribution is 0.409. The van der Waals surface area contributed by atoms with Crippen LogP contribution in [0.1, 0.15) is 16.8 Å². The van der Waals surface area contributed by atoms with Gasteiger partial charge in [0.1, 0.15) is 23.1 Å². The first-order valence-corrected chi connectivity index (χ1v) is 6.00. The molecule has 0 aliphatic carbocycles. The topological polar surface area (TPSA) is 86.1 Å². The van der Waals surface area contributed by atoms with Gasteiger partial charge in [0.25, 0.3) is 5.56 Å². The number of rotatable bonds is 2. The van der Waals surface area contributed by atoms with Crippen molar-refractivity contribution in [3.05, 3.63) is 45.4 Å². The summed E-state index contributed by atoms with van der Waals surface area (Å²) in [5.74, 6) is 0.587. The number of phenolic OH excluding ortho intramolecular Hbond substituents is 1. The summed E-state index contributed by atoms with van der Waals surface area (Å²) in [6.45, 7) is 3.52. The van der Waals surface area contributed by atoms with Crippen LogP contribution in [0.3, 0.4) is 0 Å². The van der Waals surface area contributed by atoms with E-state index in [0.717, 1.165) is 5.56 Å². The number of pyridine rings is 1. The Morgan fingerprint density at radius 2 is 1.95 bits per heavy atom. The Labute approximate surface area is 116 Å². The lowest BCUT2D eigenvalue weighted by Gasteiger charge is -2.11. The first-order chi connectivity index (χ1) is 9.47. The summed E-state index contributed by atoms with van der Waals surface area (Å²) in [6, 6.07) is 6.70. The average molecular weight is 270 g/mol. The molecule has 0 amide bonds. The Morgan fingerprint density at radius 1 is 1.25 bits per heavy atom. The van der Waals surface area contributed by atoms with Crippen LogP contribution in [0, 0.1) is 25.2 Å². The Balaban J connectivity index is 2.82. The predicted molar refractivity (Wildman–Crippen MR) is 74.9 cm³/mol. The van der Waals surface area contributed by atoms with Crippen molar-refractivity contribution in [2.24, 2.45) is 0 Å². The molecule has 1 heterocycles. The lowest BCUT2D eigenvalue weighted by atomic mass is 9.98. The minimum Gasteiger partial charge on any atom is -0.507 e. The van der Waals surface area contributed by atoms with Crippen LogP contribution in [0.15, 0.2) is 23.0 Å². The van der Waals surface area contributed by atoms with Gasteiger partial charge >= 0.3 is 0 Å². The maximum atomic E-state index is 11.8. The molecule has 0 radical (unpaired) electrons. The van der Waals surface area contributed by atoms with Crippen molar-refractivity contribution in [3.8, 4) is 28.7 Å². The second-order valence-electron chi connectivity index (χ2n) is 4.52. The summed E-state index contributed by atoms with van der Waals surface area (Å²) in [5.41, 5.74) is 1.68. The number of phenols is 1. The highest BCUT2D eigenvalue weighted by atomic mass is 16.5. The fourth-order valence-electron chi connectivity index (χ4n) is 2.12. The van der Waals surface area contributed by atoms with Crippen LogP contribution in [0.2, 0.25) is 0 Å². The number of hydrogen-bond donors (Lipinski definition) is 2. The highest BCUT2D eigenvalue weighted by Crippen LogP contribution is 2.36. The average Bonchev–Trinajstić information content (AvgIpc) is 2.38. The quantitative estimate of drug-likeness (QED) is 0.876. The number of aromatic amines is 1. The number of aromatic hydroxyl groups is 1. The maximum Gasteiger partial charge on any atom is 0.266 e. The molecule has 0 saturated heterocycles. The van der Waals surface area contributed by atoms with E-state index >= 15 is 0 Å². The van der Waals surface area contributed by atoms with E-state index in [1.54, 1.807) is 32.0 Å². The molecule has 2 N–H and O–H groups in total. The van der Waals surface area contributed by atoms with E-state index in [1.165, 1.54) is 7.11 Å². The van der Waals surface area contributed by atoms with Gasteiger partial charge < -0.3 is 14.8 Å². The number of aryl methyl sites for hydroxylation is 2. The molecule has 0 fully saturated rings. The van der Waals surface area contributed by atoms with E-state index in [2.05, 4.69) is 4.98 Å². The summed E-state index contributed by atoms with van der Waals surface area (Å²) >= 11 is 0. The number of nitrogens with one attached hydrogen (secondary N) is 1. The molecule has 102 valence electrons. The number of nitriles is 1. The van der Waals surface area contributed by atoms with Crippen LogP contribution in [0.5, 0.6) is 11.5 Å². The molecule has 5 nitrogen and oxygen atoms in total. The van der Waals surface area contributed by atoms with Crippen LogP contribution in [0.4, 0.5) is 0 Å². The number of H-pyrrole nitrogens is 1. The predicted octanol–water partition coefficient (Wildman–Crippen LogP) is 2.24. The SMILES string of the molecule is COc1cc(-c2cc(C)[nH]c(=O)c2C#N)c(O)cc1C. The van der Waals surface area contributed by atoms with Gasteiger partial charge in [-0.15, -0.1) is 0 Å². The Morgan fingerprint density at radius 3 is 2.55 bits per heavy atom. The number of ether oxygens (including phenoxy) is 1. The van der Waals surface area contributed by atoms with Crippen molar-refractivity contribution in [1.29, 1.82) is 5.26 Å². The number of methoxy groups -OCH3 is 1. The fourth-order valence-corrected chi connectivity index (χ4v) is 2.12. The Kier molecular flexibility index (Phi) is 3.49. The molecule has 2 aromatic rings. The van der Waals surface area contributed by atoms with Crippen molar-refractivity contribution in [2.45, 2.75) is 13.8 Å². The number of hydrogen-bond acceptors (Lipinski definition) is 4. The minimum absolute atomic E-state index is 0.00444. The zero-order valence-electron chi connectivity index (χ0n) is 11.4. The number of benzene rings is 1. The Bertz CT molecular complexity index is 770. The highest BCUT2D eigenvalue weighted by Gasteiger charge is 2.15. The summed E-state index contributed by atoms with van der Waals surface area (Å²) in [5, 5.41) is 19.2. The van der Waals surface area contributed by atoms with Crippen LogP contribution < -0.4 is 10.3 Å². The van der Waals surface area contributed by atoms with Gasteiger partial charge in [0.15, 0.2) is 0 Å². The van der Waals surface area contributed by atoms with E-state index in [1.807, 2.05) is 6.07 Å². The lowest BCUT2D eigenvalue weighted by Crippen LogP contribution is -2.12. The molecule has 0 bridgehead atoms. The van der Waals surface area contributed by atoms with Gasteiger partial charge in [-0.1, -0.05) is 0 Å². The third-order valence-electron chi connectivity index (χ3n) is 3.08. The van der Waals surface area contributed by atoms with Crippen molar-refractivity contribution < 1.29 is 9.84 Å². The van der Waals surface area contributed by atoms with Crippen molar-refractivity contribution in [3.63, 3.8) is 0 Å². The molecule has 0 aliphatic rings. The van der Waals surface area contributed by atoms with Crippen LogP contribution in [0.25, 0.3) is 11.1 Å². The first kappa shape index (κ1) is 13.7. The van der Waals surface area contributed by atoms with Crippen LogP contribution >= 0.6 is 0 Å². The monoisotopic (exact) mass is 270 g/mol. The van der Waals surface area contributed by atoms with Crippen molar-refractivity contribution in [2.75, 3.05) is 7.11 Å². The maximum absolute atomic E-state index is 11.8. The first-order valence-electron chi connectivity index (χ1n) is 6.00. The van der Waals surface area contributed by atoms with Gasteiger partial charge in [-0.3, -0.25) is 4.79 Å². The van der Waals surface area contributed by atoms with Gasteiger partial charge in [0, 0.05) is 16.8 Å². The molecule has 1 aromatic heterocycles. The molecule has 5 heteroatoms. The van der Waals surface area contributed by atoms with E-state index in [0.29, 0.717) is 22.6 Å². The standard InChI is InChI=1S/C15H14N2O3/c1-8-4-13(18)11(6-14(8)20-3)10-5-9(2)17-15(19)12(10)7-16/h4-6,18H,1-3H3,(H,17,19). The van der Waals surface area contributed by atoms with Crippen molar-refractivity contribution in [1.82, 2.24) is 4.98 Å². The highest BCUT2D eigenvalue weighted by molar-refractivity contribution is 5.77. The van der Waals surface area contributed by atoms with E-state index in [9.17, 15) is 9.90 Å². The Hall–Kier alpha value is -2.74.